The largest absolute Gasteiger partial charge is 0.197 e. The summed E-state index contributed by atoms with van der Waals surface area (Å²) in [7, 11) is 0. The van der Waals surface area contributed by atoms with Gasteiger partial charge in [-0.25, -0.2) is 0 Å². The molecular weight excluding hydrogens is 178 g/mol. The topological polar surface area (TPSA) is 23.8 Å². The molecule has 0 amide bonds. The molecule has 0 saturated heterocycles. The molecule has 2 unspecified atom stereocenters. The van der Waals surface area contributed by atoms with E-state index in [0.717, 1.165) is 0 Å². The number of hydrogen-bond donors (Lipinski definition) is 0. The maximum Gasteiger partial charge on any atom is 0.0947 e. The van der Waals surface area contributed by atoms with Crippen molar-refractivity contribution in [1.82, 2.24) is 0 Å². The smallest absolute Gasteiger partial charge is 0.0947 e. The molecule has 1 aliphatic rings. The molecule has 0 radical (unpaired) electrons. The Labute approximate surface area is 85.9 Å². The van der Waals surface area contributed by atoms with Crippen LogP contribution in [-0.4, -0.2) is 10.5 Å². The van der Waals surface area contributed by atoms with Crippen molar-refractivity contribution in [3.63, 3.8) is 0 Å². The summed E-state index contributed by atoms with van der Waals surface area (Å²) in [5.41, 5.74) is 0. The van der Waals surface area contributed by atoms with Gasteiger partial charge in [0.1, 0.15) is 0 Å². The van der Waals surface area contributed by atoms with Crippen LogP contribution in [0, 0.1) is 17.2 Å². The molecule has 0 spiro atoms. The van der Waals surface area contributed by atoms with Gasteiger partial charge < -0.3 is 0 Å². The van der Waals surface area contributed by atoms with Crippen LogP contribution in [0.1, 0.15) is 46.0 Å². The van der Waals surface area contributed by atoms with Gasteiger partial charge in [-0.15, -0.1) is 11.8 Å². The Bertz CT molecular complexity index is 179. The molecule has 0 bridgehead atoms. The second-order valence-electron chi connectivity index (χ2n) is 3.95. The van der Waals surface area contributed by atoms with E-state index in [2.05, 4.69) is 19.9 Å². The zero-order chi connectivity index (χ0) is 9.68. The van der Waals surface area contributed by atoms with E-state index in [1.54, 1.807) is 0 Å². The van der Waals surface area contributed by atoms with Gasteiger partial charge in [0, 0.05) is 5.25 Å². The molecular formula is C11H19NS. The molecule has 2 heteroatoms. The van der Waals surface area contributed by atoms with Gasteiger partial charge in [-0.2, -0.15) is 5.26 Å². The van der Waals surface area contributed by atoms with Crippen LogP contribution in [0.3, 0.4) is 0 Å². The Hall–Kier alpha value is -0.160. The monoisotopic (exact) mass is 197 g/mol. The number of rotatable bonds is 4. The molecule has 0 heterocycles. The van der Waals surface area contributed by atoms with Crippen molar-refractivity contribution in [2.45, 2.75) is 56.5 Å². The minimum atomic E-state index is 0.262. The molecule has 0 aliphatic heterocycles. The van der Waals surface area contributed by atoms with Crippen molar-refractivity contribution in [1.29, 1.82) is 5.26 Å². The molecule has 2 atom stereocenters. The van der Waals surface area contributed by atoms with Gasteiger partial charge >= 0.3 is 0 Å². The standard InChI is InChI=1S/C11H19NS/c1-3-9(2)13-11(8-12)10-6-4-5-7-10/h9-11H,3-7H2,1-2H3. The second kappa shape index (κ2) is 5.54. The maximum absolute atomic E-state index is 9.06. The van der Waals surface area contributed by atoms with E-state index >= 15 is 0 Å². The Kier molecular flexibility index (Phi) is 4.66. The highest BCUT2D eigenvalue weighted by molar-refractivity contribution is 8.00. The van der Waals surface area contributed by atoms with Crippen LogP contribution in [0.25, 0.3) is 0 Å². The van der Waals surface area contributed by atoms with E-state index in [0.29, 0.717) is 11.2 Å². The quantitative estimate of drug-likeness (QED) is 0.687. The number of hydrogen-bond acceptors (Lipinski definition) is 2. The van der Waals surface area contributed by atoms with Crippen LogP contribution >= 0.6 is 11.8 Å². The molecule has 74 valence electrons. The first-order valence-electron chi connectivity index (χ1n) is 5.33. The third kappa shape index (κ3) is 3.23. The van der Waals surface area contributed by atoms with E-state index in [9.17, 15) is 0 Å². The summed E-state index contributed by atoms with van der Waals surface area (Å²) in [5.74, 6) is 0.684. The first-order chi connectivity index (χ1) is 6.27. The summed E-state index contributed by atoms with van der Waals surface area (Å²) in [6.45, 7) is 4.42. The SMILES string of the molecule is CCC(C)SC(C#N)C1CCCC1. The Balaban J connectivity index is 2.38. The lowest BCUT2D eigenvalue weighted by Gasteiger charge is -2.18. The van der Waals surface area contributed by atoms with Gasteiger partial charge in [0.15, 0.2) is 0 Å². The average molecular weight is 197 g/mol. The van der Waals surface area contributed by atoms with E-state index in [-0.39, 0.29) is 5.25 Å². The van der Waals surface area contributed by atoms with Gasteiger partial charge in [-0.3, -0.25) is 0 Å². The Morgan fingerprint density at radius 3 is 2.54 bits per heavy atom. The summed E-state index contributed by atoms with van der Waals surface area (Å²) >= 11 is 1.88. The Morgan fingerprint density at radius 2 is 2.08 bits per heavy atom. The third-order valence-corrected chi connectivity index (χ3v) is 4.49. The molecule has 1 fully saturated rings. The predicted molar refractivity (Wildman–Crippen MR) is 58.7 cm³/mol. The summed E-state index contributed by atoms with van der Waals surface area (Å²) in [5, 5.41) is 9.97. The fourth-order valence-electron chi connectivity index (χ4n) is 1.85. The highest BCUT2D eigenvalue weighted by atomic mass is 32.2. The summed E-state index contributed by atoms with van der Waals surface area (Å²) in [6, 6.07) is 2.47. The van der Waals surface area contributed by atoms with Crippen molar-refractivity contribution >= 4 is 11.8 Å². The zero-order valence-corrected chi connectivity index (χ0v) is 9.44. The maximum atomic E-state index is 9.06. The summed E-state index contributed by atoms with van der Waals surface area (Å²) < 4.78 is 0. The minimum absolute atomic E-state index is 0.262. The van der Waals surface area contributed by atoms with Crippen LogP contribution in [0.4, 0.5) is 0 Å². The highest BCUT2D eigenvalue weighted by Gasteiger charge is 2.26. The van der Waals surface area contributed by atoms with Crippen molar-refractivity contribution in [2.24, 2.45) is 5.92 Å². The average Bonchev–Trinajstić information content (AvgIpc) is 2.66. The lowest BCUT2D eigenvalue weighted by molar-refractivity contribution is 0.573. The fourth-order valence-corrected chi connectivity index (χ4v) is 3.10. The lowest BCUT2D eigenvalue weighted by Crippen LogP contribution is -2.15. The molecule has 1 aliphatic carbocycles. The predicted octanol–water partition coefficient (Wildman–Crippen LogP) is 3.60. The number of thioether (sulfide) groups is 1. The third-order valence-electron chi connectivity index (χ3n) is 2.91. The van der Waals surface area contributed by atoms with E-state index in [1.165, 1.54) is 32.1 Å². The van der Waals surface area contributed by atoms with Gasteiger partial charge in [0.25, 0.3) is 0 Å². The zero-order valence-electron chi connectivity index (χ0n) is 8.62. The molecule has 0 aromatic carbocycles. The summed E-state index contributed by atoms with van der Waals surface area (Å²) in [6.07, 6.45) is 6.41. The Morgan fingerprint density at radius 1 is 1.46 bits per heavy atom. The second-order valence-corrected chi connectivity index (χ2v) is 5.53. The van der Waals surface area contributed by atoms with Crippen molar-refractivity contribution in [3.05, 3.63) is 0 Å². The number of nitriles is 1. The van der Waals surface area contributed by atoms with E-state index in [1.807, 2.05) is 11.8 Å². The molecule has 13 heavy (non-hydrogen) atoms. The van der Waals surface area contributed by atoms with Gasteiger partial charge in [-0.05, 0) is 25.2 Å². The van der Waals surface area contributed by atoms with E-state index < -0.39 is 0 Å². The first kappa shape index (κ1) is 10.9. The summed E-state index contributed by atoms with van der Waals surface area (Å²) in [4.78, 5) is 0. The number of nitrogens with zero attached hydrogens (tertiary/aromatic N) is 1. The molecule has 0 N–H and O–H groups in total. The highest BCUT2D eigenvalue weighted by Crippen LogP contribution is 2.35. The first-order valence-corrected chi connectivity index (χ1v) is 6.27. The minimum Gasteiger partial charge on any atom is -0.197 e. The van der Waals surface area contributed by atoms with Crippen molar-refractivity contribution in [3.8, 4) is 6.07 Å². The fraction of sp³-hybridized carbons (Fsp3) is 0.909. The van der Waals surface area contributed by atoms with Crippen LogP contribution in [-0.2, 0) is 0 Å². The molecule has 1 nitrogen and oxygen atoms in total. The molecule has 0 aromatic rings. The van der Waals surface area contributed by atoms with Crippen LogP contribution < -0.4 is 0 Å². The van der Waals surface area contributed by atoms with Crippen molar-refractivity contribution in [2.75, 3.05) is 0 Å². The molecule has 1 rings (SSSR count). The van der Waals surface area contributed by atoms with Crippen LogP contribution in [0.15, 0.2) is 0 Å². The van der Waals surface area contributed by atoms with Gasteiger partial charge in [0.2, 0.25) is 0 Å². The van der Waals surface area contributed by atoms with Crippen molar-refractivity contribution < 1.29 is 0 Å². The van der Waals surface area contributed by atoms with Crippen LogP contribution in [0.2, 0.25) is 0 Å². The van der Waals surface area contributed by atoms with Gasteiger partial charge in [-0.1, -0.05) is 26.7 Å². The molecule has 0 aromatic heterocycles. The van der Waals surface area contributed by atoms with E-state index in [4.69, 9.17) is 5.26 Å². The van der Waals surface area contributed by atoms with Crippen LogP contribution in [0.5, 0.6) is 0 Å². The molecule has 1 saturated carbocycles. The van der Waals surface area contributed by atoms with Gasteiger partial charge in [0.05, 0.1) is 11.3 Å². The normalized spacial score (nSPS) is 22.5. The lowest BCUT2D eigenvalue weighted by atomic mass is 10.1.